The van der Waals surface area contributed by atoms with Gasteiger partial charge in [0.2, 0.25) is 0 Å². The number of halogens is 1. The summed E-state index contributed by atoms with van der Waals surface area (Å²) in [5.74, 6) is 0. The molecule has 2 aromatic rings. The molecule has 0 saturated carbocycles. The van der Waals surface area contributed by atoms with Crippen LogP contribution >= 0.6 is 15.9 Å². The van der Waals surface area contributed by atoms with Crippen molar-refractivity contribution in [3.63, 3.8) is 0 Å². The van der Waals surface area contributed by atoms with Crippen molar-refractivity contribution >= 4 is 27.3 Å². The predicted molar refractivity (Wildman–Crippen MR) is 75.9 cm³/mol. The lowest BCUT2D eigenvalue weighted by Crippen LogP contribution is -2.24. The van der Waals surface area contributed by atoms with Gasteiger partial charge in [-0.1, -0.05) is 30.3 Å². The molecule has 0 bridgehead atoms. The topological polar surface area (TPSA) is 3.24 Å². The first-order valence-electron chi connectivity index (χ1n) is 5.96. The normalized spacial score (nSPS) is 14.5. The van der Waals surface area contributed by atoms with E-state index in [1.54, 1.807) is 0 Å². The van der Waals surface area contributed by atoms with Gasteiger partial charge in [0.25, 0.3) is 0 Å². The van der Waals surface area contributed by atoms with Gasteiger partial charge in [0.15, 0.2) is 0 Å². The predicted octanol–water partition coefficient (Wildman–Crippen LogP) is 4.53. The zero-order valence-electron chi connectivity index (χ0n) is 9.57. The standard InChI is InChI=1S/C15H14BrN/c16-13-8-2-4-10-15(13)17-11-5-7-12-6-1-3-9-14(12)17/h1-4,6,8-10H,5,7,11H2. The minimum absolute atomic E-state index is 1.10. The number of benzene rings is 2. The Bertz CT molecular complexity index is 536. The summed E-state index contributed by atoms with van der Waals surface area (Å²) < 4.78 is 1.16. The van der Waals surface area contributed by atoms with Crippen LogP contribution in [0.25, 0.3) is 0 Å². The van der Waals surface area contributed by atoms with Gasteiger partial charge in [-0.25, -0.2) is 0 Å². The number of hydrogen-bond donors (Lipinski definition) is 0. The summed E-state index contributed by atoms with van der Waals surface area (Å²) in [6.45, 7) is 1.10. The first-order chi connectivity index (χ1) is 8.36. The highest BCUT2D eigenvalue weighted by Crippen LogP contribution is 2.36. The molecule has 0 radical (unpaired) electrons. The Morgan fingerprint density at radius 3 is 2.41 bits per heavy atom. The Morgan fingerprint density at radius 1 is 0.882 bits per heavy atom. The third-order valence-corrected chi connectivity index (χ3v) is 3.92. The average molecular weight is 288 g/mol. The van der Waals surface area contributed by atoms with Crippen molar-refractivity contribution in [2.24, 2.45) is 0 Å². The molecule has 0 fully saturated rings. The molecule has 0 atom stereocenters. The van der Waals surface area contributed by atoms with Gasteiger partial charge >= 0.3 is 0 Å². The van der Waals surface area contributed by atoms with Gasteiger partial charge in [0.1, 0.15) is 0 Å². The summed E-state index contributed by atoms with van der Waals surface area (Å²) in [6, 6.07) is 17.1. The van der Waals surface area contributed by atoms with Crippen molar-refractivity contribution in [1.29, 1.82) is 0 Å². The van der Waals surface area contributed by atoms with Crippen molar-refractivity contribution in [2.75, 3.05) is 11.4 Å². The van der Waals surface area contributed by atoms with E-state index in [9.17, 15) is 0 Å². The monoisotopic (exact) mass is 287 g/mol. The molecule has 3 rings (SSSR count). The van der Waals surface area contributed by atoms with E-state index in [1.165, 1.54) is 29.8 Å². The fourth-order valence-corrected chi connectivity index (χ4v) is 2.95. The van der Waals surface area contributed by atoms with E-state index in [1.807, 2.05) is 0 Å². The zero-order valence-corrected chi connectivity index (χ0v) is 11.2. The number of hydrogen-bond acceptors (Lipinski definition) is 1. The van der Waals surface area contributed by atoms with Crippen LogP contribution in [0, 0.1) is 0 Å². The van der Waals surface area contributed by atoms with Gasteiger partial charge in [-0.2, -0.15) is 0 Å². The van der Waals surface area contributed by atoms with Crippen LogP contribution in [-0.2, 0) is 6.42 Å². The minimum atomic E-state index is 1.10. The minimum Gasteiger partial charge on any atom is -0.340 e. The average Bonchev–Trinajstić information content (AvgIpc) is 2.39. The summed E-state index contributed by atoms with van der Waals surface area (Å²) in [5.41, 5.74) is 4.07. The Balaban J connectivity index is 2.09. The van der Waals surface area contributed by atoms with Crippen LogP contribution < -0.4 is 4.90 Å². The van der Waals surface area contributed by atoms with Crippen LogP contribution in [0.1, 0.15) is 12.0 Å². The highest BCUT2D eigenvalue weighted by atomic mass is 79.9. The van der Waals surface area contributed by atoms with E-state index < -0.39 is 0 Å². The van der Waals surface area contributed by atoms with E-state index in [0.29, 0.717) is 0 Å². The van der Waals surface area contributed by atoms with Crippen LogP contribution in [0.3, 0.4) is 0 Å². The maximum Gasteiger partial charge on any atom is 0.0555 e. The maximum absolute atomic E-state index is 3.64. The van der Waals surface area contributed by atoms with Gasteiger partial charge in [0, 0.05) is 16.7 Å². The van der Waals surface area contributed by atoms with Gasteiger partial charge in [-0.15, -0.1) is 0 Å². The molecule has 0 amide bonds. The summed E-state index contributed by atoms with van der Waals surface area (Å²) >= 11 is 3.64. The maximum atomic E-state index is 3.64. The lowest BCUT2D eigenvalue weighted by molar-refractivity contribution is 0.766. The molecule has 2 aromatic carbocycles. The third kappa shape index (κ3) is 1.98. The number of anilines is 2. The Labute approximate surface area is 110 Å². The van der Waals surface area contributed by atoms with Crippen molar-refractivity contribution < 1.29 is 0 Å². The third-order valence-electron chi connectivity index (χ3n) is 3.25. The molecule has 1 aliphatic heterocycles. The molecule has 2 heteroatoms. The van der Waals surface area contributed by atoms with Gasteiger partial charge in [-0.05, 0) is 52.5 Å². The van der Waals surface area contributed by atoms with Crippen LogP contribution in [0.2, 0.25) is 0 Å². The van der Waals surface area contributed by atoms with Crippen molar-refractivity contribution in [3.8, 4) is 0 Å². The molecule has 0 aromatic heterocycles. The van der Waals surface area contributed by atoms with Gasteiger partial charge < -0.3 is 4.90 Å². The van der Waals surface area contributed by atoms with Crippen LogP contribution in [-0.4, -0.2) is 6.54 Å². The molecular formula is C15H14BrN. The molecule has 0 unspecified atom stereocenters. The van der Waals surface area contributed by atoms with Crippen molar-refractivity contribution in [1.82, 2.24) is 0 Å². The van der Waals surface area contributed by atoms with Crippen LogP contribution in [0.15, 0.2) is 53.0 Å². The number of nitrogens with zero attached hydrogens (tertiary/aromatic N) is 1. The highest BCUT2D eigenvalue weighted by molar-refractivity contribution is 9.10. The Hall–Kier alpha value is -1.28. The fourth-order valence-electron chi connectivity index (χ4n) is 2.45. The van der Waals surface area contributed by atoms with E-state index in [-0.39, 0.29) is 0 Å². The van der Waals surface area contributed by atoms with E-state index in [4.69, 9.17) is 0 Å². The van der Waals surface area contributed by atoms with Crippen molar-refractivity contribution in [3.05, 3.63) is 58.6 Å². The number of aryl methyl sites for hydroxylation is 1. The quantitative estimate of drug-likeness (QED) is 0.745. The lowest BCUT2D eigenvalue weighted by Gasteiger charge is -2.32. The Kier molecular flexibility index (Phi) is 2.89. The molecule has 0 saturated heterocycles. The summed E-state index contributed by atoms with van der Waals surface area (Å²) in [4.78, 5) is 2.41. The second-order valence-electron chi connectivity index (χ2n) is 4.34. The summed E-state index contributed by atoms with van der Waals surface area (Å²) in [5, 5.41) is 0. The lowest BCUT2D eigenvalue weighted by atomic mass is 10.0. The molecular weight excluding hydrogens is 274 g/mol. The van der Waals surface area contributed by atoms with Gasteiger partial charge in [-0.3, -0.25) is 0 Å². The van der Waals surface area contributed by atoms with Crippen LogP contribution in [0.4, 0.5) is 11.4 Å². The molecule has 86 valence electrons. The number of para-hydroxylation sites is 2. The molecule has 0 N–H and O–H groups in total. The zero-order chi connectivity index (χ0) is 11.7. The fraction of sp³-hybridized carbons (Fsp3) is 0.200. The molecule has 0 aliphatic carbocycles. The second kappa shape index (κ2) is 4.53. The first-order valence-corrected chi connectivity index (χ1v) is 6.75. The summed E-state index contributed by atoms with van der Waals surface area (Å²) in [6.07, 6.45) is 2.41. The number of rotatable bonds is 1. The van der Waals surface area contributed by atoms with E-state index in [2.05, 4.69) is 69.4 Å². The molecule has 1 heterocycles. The molecule has 0 spiro atoms. The Morgan fingerprint density at radius 2 is 1.59 bits per heavy atom. The first kappa shape index (κ1) is 10.8. The van der Waals surface area contributed by atoms with Gasteiger partial charge in [0.05, 0.1) is 5.69 Å². The molecule has 1 aliphatic rings. The van der Waals surface area contributed by atoms with Crippen LogP contribution in [0.5, 0.6) is 0 Å². The van der Waals surface area contributed by atoms with Crippen molar-refractivity contribution in [2.45, 2.75) is 12.8 Å². The highest BCUT2D eigenvalue weighted by Gasteiger charge is 2.18. The second-order valence-corrected chi connectivity index (χ2v) is 5.19. The number of fused-ring (bicyclic) bond motifs is 1. The summed E-state index contributed by atoms with van der Waals surface area (Å²) in [7, 11) is 0. The molecule has 17 heavy (non-hydrogen) atoms. The molecule has 1 nitrogen and oxygen atoms in total. The smallest absolute Gasteiger partial charge is 0.0555 e. The van der Waals surface area contributed by atoms with E-state index in [0.717, 1.165) is 11.0 Å². The largest absolute Gasteiger partial charge is 0.340 e. The SMILES string of the molecule is Brc1ccccc1N1CCCc2ccccc21. The van der Waals surface area contributed by atoms with E-state index >= 15 is 0 Å².